The van der Waals surface area contributed by atoms with Gasteiger partial charge in [-0.15, -0.1) is 0 Å². The number of methoxy groups -OCH3 is 2. The minimum atomic E-state index is -3.61. The molecule has 4 aliphatic heterocycles. The molecule has 0 atom stereocenters. The number of hydrogen-bond donors (Lipinski definition) is 3. The van der Waals surface area contributed by atoms with Crippen LogP contribution in [0, 0.1) is 5.92 Å². The monoisotopic (exact) mass is 847 g/mol. The highest BCUT2D eigenvalue weighted by Crippen LogP contribution is 2.38. The highest BCUT2D eigenvalue weighted by atomic mass is 19.3. The molecule has 2 aromatic carbocycles. The number of anilines is 5. The minimum Gasteiger partial charge on any atom is -0.495 e. The lowest BCUT2D eigenvalue weighted by atomic mass is 9.96. The Bertz CT molecular complexity index is 2180. The fraction of sp³-hybridized carbons (Fsp3) is 0.488. The van der Waals surface area contributed by atoms with Crippen molar-refractivity contribution in [2.45, 2.75) is 45.1 Å². The van der Waals surface area contributed by atoms with Crippen molar-refractivity contribution in [3.8, 4) is 11.5 Å². The highest BCUT2D eigenvalue weighted by Gasteiger charge is 2.47. The fourth-order valence-electron chi connectivity index (χ4n) is 8.01. The number of piperazine rings is 1. The van der Waals surface area contributed by atoms with Crippen LogP contribution in [0.25, 0.3) is 0 Å². The SMILES string of the molecule is COc1cc(C(=O)NN2CCC(CN3CCN(C(=O)c4ccc(N5CCC(=O)NC5=O)c(OC)c4)CC3)CC2)ccc1Nc1ncc2c(n1)N(C(C)C)CC(F)(F)C(=O)N2C. The summed E-state index contributed by atoms with van der Waals surface area (Å²) in [6.45, 7) is 7.74. The van der Waals surface area contributed by atoms with Crippen molar-refractivity contribution in [2.24, 2.45) is 5.92 Å². The van der Waals surface area contributed by atoms with Gasteiger partial charge in [0.15, 0.2) is 5.82 Å². The van der Waals surface area contributed by atoms with Crippen molar-refractivity contribution in [1.29, 1.82) is 0 Å². The number of piperidine rings is 1. The van der Waals surface area contributed by atoms with Crippen molar-refractivity contribution in [1.82, 2.24) is 35.5 Å². The molecule has 5 heterocycles. The number of nitrogens with one attached hydrogen (secondary N) is 3. The first kappa shape index (κ1) is 43.0. The van der Waals surface area contributed by atoms with Crippen molar-refractivity contribution >= 4 is 58.5 Å². The van der Waals surface area contributed by atoms with Crippen LogP contribution < -0.4 is 40.2 Å². The van der Waals surface area contributed by atoms with Gasteiger partial charge in [-0.2, -0.15) is 13.8 Å². The van der Waals surface area contributed by atoms with Gasteiger partial charge in [-0.05, 0) is 69.0 Å². The molecule has 20 heteroatoms. The molecule has 3 saturated heterocycles. The number of amides is 6. The van der Waals surface area contributed by atoms with Crippen LogP contribution >= 0.6 is 0 Å². The van der Waals surface area contributed by atoms with Crippen LogP contribution in [0.3, 0.4) is 0 Å². The quantitative estimate of drug-likeness (QED) is 0.256. The summed E-state index contributed by atoms with van der Waals surface area (Å²) in [5.74, 6) is -4.26. The Morgan fingerprint density at radius 2 is 1.61 bits per heavy atom. The van der Waals surface area contributed by atoms with Crippen molar-refractivity contribution in [3.05, 3.63) is 53.7 Å². The lowest BCUT2D eigenvalue weighted by Gasteiger charge is -2.39. The molecule has 0 saturated carbocycles. The predicted octanol–water partition coefficient (Wildman–Crippen LogP) is 3.33. The van der Waals surface area contributed by atoms with Gasteiger partial charge >= 0.3 is 12.0 Å². The molecule has 326 valence electrons. The van der Waals surface area contributed by atoms with Crippen LogP contribution in [0.15, 0.2) is 42.6 Å². The minimum absolute atomic E-state index is 0.0968. The van der Waals surface area contributed by atoms with Crippen LogP contribution in [0.5, 0.6) is 11.5 Å². The molecule has 0 radical (unpaired) electrons. The van der Waals surface area contributed by atoms with E-state index in [1.807, 2.05) is 9.91 Å². The Morgan fingerprint density at radius 3 is 2.28 bits per heavy atom. The number of hydrogen-bond acceptors (Lipinski definition) is 13. The summed E-state index contributed by atoms with van der Waals surface area (Å²) >= 11 is 0. The van der Waals surface area contributed by atoms with E-state index in [0.29, 0.717) is 66.1 Å². The van der Waals surface area contributed by atoms with Gasteiger partial charge in [0.1, 0.15) is 17.2 Å². The van der Waals surface area contributed by atoms with E-state index in [-0.39, 0.29) is 54.2 Å². The topological polar surface area (TPSA) is 185 Å². The van der Waals surface area contributed by atoms with E-state index < -0.39 is 24.4 Å². The van der Waals surface area contributed by atoms with E-state index >= 15 is 0 Å². The number of rotatable bonds is 11. The third kappa shape index (κ3) is 9.29. The van der Waals surface area contributed by atoms with E-state index in [2.05, 4.69) is 30.9 Å². The number of urea groups is 1. The number of halogens is 2. The van der Waals surface area contributed by atoms with Gasteiger partial charge in [0.25, 0.3) is 17.7 Å². The molecule has 3 N–H and O–H groups in total. The Morgan fingerprint density at radius 1 is 0.918 bits per heavy atom. The lowest BCUT2D eigenvalue weighted by Crippen LogP contribution is -2.51. The summed E-state index contributed by atoms with van der Waals surface area (Å²) in [5, 5.41) is 7.29. The maximum Gasteiger partial charge on any atom is 0.342 e. The van der Waals surface area contributed by atoms with Crippen LogP contribution in [0.4, 0.5) is 42.4 Å². The number of imide groups is 1. The summed E-state index contributed by atoms with van der Waals surface area (Å²) in [4.78, 5) is 79.9. The van der Waals surface area contributed by atoms with E-state index in [1.54, 1.807) is 50.2 Å². The number of carbonyl (C=O) groups is 5. The van der Waals surface area contributed by atoms with E-state index in [1.165, 1.54) is 37.3 Å². The van der Waals surface area contributed by atoms with E-state index in [9.17, 15) is 32.8 Å². The van der Waals surface area contributed by atoms with Gasteiger partial charge in [0.2, 0.25) is 11.9 Å². The average molecular weight is 848 g/mol. The zero-order valence-electron chi connectivity index (χ0n) is 34.9. The van der Waals surface area contributed by atoms with Crippen molar-refractivity contribution in [3.63, 3.8) is 0 Å². The van der Waals surface area contributed by atoms with E-state index in [4.69, 9.17) is 9.47 Å². The molecule has 3 fully saturated rings. The summed E-state index contributed by atoms with van der Waals surface area (Å²) in [6, 6.07) is 8.97. The first-order valence-electron chi connectivity index (χ1n) is 20.3. The smallest absolute Gasteiger partial charge is 0.342 e. The summed E-state index contributed by atoms with van der Waals surface area (Å²) in [5.41, 5.74) is 4.94. The molecule has 61 heavy (non-hydrogen) atoms. The number of hydrazine groups is 1. The normalized spacial score (nSPS) is 19.0. The Hall–Kier alpha value is -6.15. The van der Waals surface area contributed by atoms with Crippen LogP contribution in [0.1, 0.15) is 53.8 Å². The molecule has 7 rings (SSSR count). The van der Waals surface area contributed by atoms with Gasteiger partial charge in [0, 0.05) is 83.0 Å². The lowest BCUT2D eigenvalue weighted by molar-refractivity contribution is -0.140. The summed E-state index contributed by atoms with van der Waals surface area (Å²) in [7, 11) is 4.22. The molecule has 0 aliphatic carbocycles. The fourth-order valence-corrected chi connectivity index (χ4v) is 8.01. The van der Waals surface area contributed by atoms with Crippen LogP contribution in [-0.2, 0) is 9.59 Å². The molecule has 4 aliphatic rings. The second kappa shape index (κ2) is 17.8. The molecule has 3 aromatic rings. The number of carbonyl (C=O) groups excluding carboxylic acids is 5. The molecular formula is C41H51F2N11O7. The molecule has 18 nitrogen and oxygen atoms in total. The molecule has 1 aromatic heterocycles. The van der Waals surface area contributed by atoms with E-state index in [0.717, 1.165) is 37.4 Å². The second-order valence-corrected chi connectivity index (χ2v) is 15.8. The summed E-state index contributed by atoms with van der Waals surface area (Å²) < 4.78 is 40.6. The molecule has 0 spiro atoms. The molecule has 0 unspecified atom stereocenters. The third-order valence-electron chi connectivity index (χ3n) is 11.5. The Balaban J connectivity index is 0.884. The predicted molar refractivity (Wildman–Crippen MR) is 222 cm³/mol. The van der Waals surface area contributed by atoms with Gasteiger partial charge in [-0.25, -0.2) is 14.8 Å². The number of fused-ring (bicyclic) bond motifs is 1. The first-order chi connectivity index (χ1) is 29.1. The standard InChI is InChI=1S/C41H51F2N11O7/c1-25(2)54-24-41(42,43)38(58)49(3)31-22-44-39(47-35(31)54)45-29-8-6-27(20-32(29)60-4)36(56)48-52-13-10-26(11-14-52)23-50-16-18-51(19-17-50)37(57)28-7-9-30(33(21-28)61-5)53-15-12-34(55)46-40(53)59/h6-9,20-22,25-26H,10-19,23-24H2,1-5H3,(H,48,56)(H,44,45,47)(H,46,55,59). The summed E-state index contributed by atoms with van der Waals surface area (Å²) in [6.07, 6.45) is 3.28. The number of alkyl halides is 2. The molecule has 6 amide bonds. The van der Waals surface area contributed by atoms with Crippen LogP contribution in [-0.4, -0.2) is 147 Å². The number of nitrogens with zero attached hydrogens (tertiary/aromatic N) is 8. The maximum atomic E-state index is 14.8. The largest absolute Gasteiger partial charge is 0.495 e. The maximum absolute atomic E-state index is 14.8. The van der Waals surface area contributed by atoms with Crippen molar-refractivity contribution in [2.75, 3.05) is 100 Å². The Kier molecular flexibility index (Phi) is 12.6. The average Bonchev–Trinajstić information content (AvgIpc) is 3.32. The second-order valence-electron chi connectivity index (χ2n) is 15.8. The first-order valence-corrected chi connectivity index (χ1v) is 20.3. The zero-order valence-corrected chi connectivity index (χ0v) is 34.9. The Labute approximate surface area is 352 Å². The number of ether oxygens (including phenoxy) is 2. The van der Waals surface area contributed by atoms with Crippen LogP contribution in [0.2, 0.25) is 0 Å². The van der Waals surface area contributed by atoms with Gasteiger partial charge in [-0.1, -0.05) is 0 Å². The zero-order chi connectivity index (χ0) is 43.6. The third-order valence-corrected chi connectivity index (χ3v) is 11.5. The number of benzene rings is 2. The van der Waals surface area contributed by atoms with Crippen molar-refractivity contribution < 1.29 is 42.2 Å². The van der Waals surface area contributed by atoms with Gasteiger partial charge in [0.05, 0.1) is 38.3 Å². The van der Waals surface area contributed by atoms with Gasteiger partial charge < -0.3 is 29.5 Å². The highest BCUT2D eigenvalue weighted by molar-refractivity contribution is 6.07. The molecular weight excluding hydrogens is 797 g/mol. The molecule has 0 bridgehead atoms. The van der Waals surface area contributed by atoms with Gasteiger partial charge in [-0.3, -0.25) is 39.7 Å². The number of aromatic nitrogens is 2.